The minimum Gasteiger partial charge on any atom is -0.468 e. The highest BCUT2D eigenvalue weighted by Gasteiger charge is 2.38. The number of carbonyl (C=O) groups is 1. The molecule has 0 spiro atoms. The Hall–Kier alpha value is -0.220. The first-order valence-corrected chi connectivity index (χ1v) is 4.59. The molecule has 64 valence electrons. The van der Waals surface area contributed by atoms with Crippen LogP contribution < -0.4 is 0 Å². The maximum Gasteiger partial charge on any atom is 0.321 e. The molecular weight excluding hydrogens is 164 g/mol. The number of ether oxygens (including phenoxy) is 1. The van der Waals surface area contributed by atoms with E-state index in [1.54, 1.807) is 0 Å². The molecular formula is C7H12O3S. The maximum atomic E-state index is 11.0. The molecule has 0 amide bonds. The standard InChI is InChI=1S/C7H12O3S/c1-4-3-11-6(5(4)8)7(9)10-2/h4-6,8H,3H2,1-2H3/t4-,5?,6?/m1/s1. The minimum absolute atomic E-state index is 0.198. The summed E-state index contributed by atoms with van der Waals surface area (Å²) in [7, 11) is 1.35. The molecule has 0 radical (unpaired) electrons. The minimum atomic E-state index is -0.535. The Balaban J connectivity index is 2.54. The average molecular weight is 176 g/mol. The molecule has 0 aromatic rings. The normalized spacial score (nSPS) is 37.2. The quantitative estimate of drug-likeness (QED) is 0.583. The lowest BCUT2D eigenvalue weighted by atomic mass is 10.1. The molecule has 1 aliphatic heterocycles. The number of carbonyl (C=O) groups excluding carboxylic acids is 1. The molecule has 0 saturated carbocycles. The highest BCUT2D eigenvalue weighted by molar-refractivity contribution is 8.00. The Bertz CT molecular complexity index is 160. The van der Waals surface area contributed by atoms with E-state index < -0.39 is 6.10 Å². The monoisotopic (exact) mass is 176 g/mol. The third-order valence-electron chi connectivity index (χ3n) is 1.87. The number of thioether (sulfide) groups is 1. The van der Waals surface area contributed by atoms with Crippen molar-refractivity contribution in [2.24, 2.45) is 5.92 Å². The number of esters is 1. The topological polar surface area (TPSA) is 46.5 Å². The predicted octanol–water partition coefficient (Wildman–Crippen LogP) is 0.272. The summed E-state index contributed by atoms with van der Waals surface area (Å²) in [6, 6.07) is 0. The van der Waals surface area contributed by atoms with Gasteiger partial charge in [0.2, 0.25) is 0 Å². The van der Waals surface area contributed by atoms with E-state index >= 15 is 0 Å². The molecule has 1 N–H and O–H groups in total. The van der Waals surface area contributed by atoms with Gasteiger partial charge in [-0.3, -0.25) is 4.79 Å². The fraction of sp³-hybridized carbons (Fsp3) is 0.857. The van der Waals surface area contributed by atoms with E-state index in [1.165, 1.54) is 18.9 Å². The van der Waals surface area contributed by atoms with E-state index in [-0.39, 0.29) is 17.1 Å². The van der Waals surface area contributed by atoms with Crippen LogP contribution in [0.15, 0.2) is 0 Å². The van der Waals surface area contributed by atoms with E-state index in [4.69, 9.17) is 0 Å². The average Bonchev–Trinajstić information content (AvgIpc) is 2.32. The van der Waals surface area contributed by atoms with Gasteiger partial charge in [-0.05, 0) is 11.7 Å². The van der Waals surface area contributed by atoms with Crippen LogP contribution in [0.2, 0.25) is 0 Å². The molecule has 1 saturated heterocycles. The van der Waals surface area contributed by atoms with Gasteiger partial charge in [-0.25, -0.2) is 0 Å². The van der Waals surface area contributed by atoms with Gasteiger partial charge in [-0.1, -0.05) is 6.92 Å². The number of methoxy groups -OCH3 is 1. The number of hydrogen-bond donors (Lipinski definition) is 1. The SMILES string of the molecule is COC(=O)C1SC[C@@H](C)C1O. The predicted molar refractivity (Wildman–Crippen MR) is 43.4 cm³/mol. The lowest BCUT2D eigenvalue weighted by Crippen LogP contribution is -2.31. The van der Waals surface area contributed by atoms with Crippen molar-refractivity contribution in [3.05, 3.63) is 0 Å². The van der Waals surface area contributed by atoms with Crippen LogP contribution in [-0.2, 0) is 9.53 Å². The summed E-state index contributed by atoms with van der Waals surface area (Å²) in [4.78, 5) is 11.0. The summed E-state index contributed by atoms with van der Waals surface area (Å²) in [6.45, 7) is 1.93. The smallest absolute Gasteiger partial charge is 0.321 e. The van der Waals surface area contributed by atoms with Gasteiger partial charge < -0.3 is 9.84 Å². The van der Waals surface area contributed by atoms with Crippen LogP contribution in [-0.4, -0.2) is 35.3 Å². The van der Waals surface area contributed by atoms with Crippen molar-refractivity contribution in [1.82, 2.24) is 0 Å². The Labute approximate surface area is 70.1 Å². The Morgan fingerprint density at radius 2 is 2.36 bits per heavy atom. The summed E-state index contributed by atoms with van der Waals surface area (Å²) in [5.74, 6) is 0.719. The van der Waals surface area contributed by atoms with Crippen molar-refractivity contribution in [3.63, 3.8) is 0 Å². The number of aliphatic hydroxyl groups is 1. The summed E-state index contributed by atoms with van der Waals surface area (Å²) >= 11 is 1.47. The zero-order valence-corrected chi connectivity index (χ0v) is 7.43. The fourth-order valence-electron chi connectivity index (χ4n) is 1.07. The van der Waals surface area contributed by atoms with E-state index in [9.17, 15) is 9.90 Å². The molecule has 1 heterocycles. The highest BCUT2D eigenvalue weighted by Crippen LogP contribution is 2.31. The molecule has 0 bridgehead atoms. The summed E-state index contributed by atoms with van der Waals surface area (Å²) in [5.41, 5.74) is 0. The first-order valence-electron chi connectivity index (χ1n) is 3.54. The van der Waals surface area contributed by atoms with Crippen molar-refractivity contribution >= 4 is 17.7 Å². The molecule has 1 aliphatic rings. The van der Waals surface area contributed by atoms with E-state index in [1.807, 2.05) is 6.92 Å². The number of aliphatic hydroxyl groups excluding tert-OH is 1. The second kappa shape index (κ2) is 3.45. The molecule has 2 unspecified atom stereocenters. The fourth-order valence-corrected chi connectivity index (χ4v) is 2.48. The van der Waals surface area contributed by atoms with Crippen LogP contribution in [0.25, 0.3) is 0 Å². The Morgan fingerprint density at radius 3 is 2.73 bits per heavy atom. The maximum absolute atomic E-state index is 11.0. The van der Waals surface area contributed by atoms with Crippen LogP contribution in [0, 0.1) is 5.92 Å². The highest BCUT2D eigenvalue weighted by atomic mass is 32.2. The molecule has 3 nitrogen and oxygen atoms in total. The van der Waals surface area contributed by atoms with Gasteiger partial charge in [0.05, 0.1) is 13.2 Å². The molecule has 0 aromatic carbocycles. The van der Waals surface area contributed by atoms with E-state index in [0.717, 1.165) is 5.75 Å². The van der Waals surface area contributed by atoms with Crippen LogP contribution in [0.1, 0.15) is 6.92 Å². The van der Waals surface area contributed by atoms with Gasteiger partial charge in [-0.2, -0.15) is 0 Å². The Morgan fingerprint density at radius 1 is 1.73 bits per heavy atom. The van der Waals surface area contributed by atoms with Crippen molar-refractivity contribution < 1.29 is 14.6 Å². The second-order valence-electron chi connectivity index (χ2n) is 2.74. The number of rotatable bonds is 1. The molecule has 3 atom stereocenters. The van der Waals surface area contributed by atoms with Crippen LogP contribution in [0.4, 0.5) is 0 Å². The van der Waals surface area contributed by atoms with Gasteiger partial charge in [-0.15, -0.1) is 11.8 Å². The molecule has 1 fully saturated rings. The third kappa shape index (κ3) is 1.68. The van der Waals surface area contributed by atoms with E-state index in [2.05, 4.69) is 4.74 Å². The first-order chi connectivity index (χ1) is 5.16. The molecule has 0 aliphatic carbocycles. The van der Waals surface area contributed by atoms with Crippen molar-refractivity contribution in [2.45, 2.75) is 18.3 Å². The van der Waals surface area contributed by atoms with Gasteiger partial charge in [0, 0.05) is 0 Å². The van der Waals surface area contributed by atoms with Crippen LogP contribution in [0.3, 0.4) is 0 Å². The van der Waals surface area contributed by atoms with Crippen molar-refractivity contribution in [1.29, 1.82) is 0 Å². The van der Waals surface area contributed by atoms with Gasteiger partial charge >= 0.3 is 5.97 Å². The molecule has 11 heavy (non-hydrogen) atoms. The lowest BCUT2D eigenvalue weighted by Gasteiger charge is -2.12. The lowest BCUT2D eigenvalue weighted by molar-refractivity contribution is -0.142. The molecule has 1 rings (SSSR count). The van der Waals surface area contributed by atoms with Gasteiger partial charge in [0.15, 0.2) is 0 Å². The number of hydrogen-bond acceptors (Lipinski definition) is 4. The second-order valence-corrected chi connectivity index (χ2v) is 3.92. The largest absolute Gasteiger partial charge is 0.468 e. The summed E-state index contributed by atoms with van der Waals surface area (Å²) in [6.07, 6.45) is -0.535. The van der Waals surface area contributed by atoms with Gasteiger partial charge in [0.1, 0.15) is 5.25 Å². The summed E-state index contributed by atoms with van der Waals surface area (Å²) in [5, 5.41) is 9.07. The molecule has 4 heteroatoms. The van der Waals surface area contributed by atoms with Crippen LogP contribution >= 0.6 is 11.8 Å². The van der Waals surface area contributed by atoms with Crippen molar-refractivity contribution in [3.8, 4) is 0 Å². The zero-order chi connectivity index (χ0) is 8.43. The first kappa shape index (κ1) is 8.87. The zero-order valence-electron chi connectivity index (χ0n) is 6.61. The van der Waals surface area contributed by atoms with E-state index in [0.29, 0.717) is 0 Å². The van der Waals surface area contributed by atoms with Gasteiger partial charge in [0.25, 0.3) is 0 Å². The summed E-state index contributed by atoms with van der Waals surface area (Å²) < 4.78 is 4.53. The Kier molecular flexibility index (Phi) is 2.78. The third-order valence-corrected chi connectivity index (χ3v) is 3.41. The van der Waals surface area contributed by atoms with Crippen LogP contribution in [0.5, 0.6) is 0 Å². The molecule has 0 aromatic heterocycles. The van der Waals surface area contributed by atoms with Crippen molar-refractivity contribution in [2.75, 3.05) is 12.9 Å².